The first kappa shape index (κ1) is 16.5. The van der Waals surface area contributed by atoms with Gasteiger partial charge in [0.25, 0.3) is 0 Å². The predicted octanol–water partition coefficient (Wildman–Crippen LogP) is 0.718. The summed E-state index contributed by atoms with van der Waals surface area (Å²) in [6.07, 6.45) is 1.38. The molecular formula is C14H24N2O4. The van der Waals surface area contributed by atoms with Gasteiger partial charge in [-0.2, -0.15) is 0 Å². The molecule has 0 aromatic carbocycles. The second kappa shape index (κ2) is 7.26. The maximum absolute atomic E-state index is 12.0. The number of likely N-dealkylation sites (tertiary alicyclic amines) is 1. The normalized spacial score (nSPS) is 20.9. The molecule has 1 aliphatic rings. The van der Waals surface area contributed by atoms with E-state index in [1.54, 1.807) is 11.9 Å². The molecule has 6 heteroatoms. The molecule has 1 fully saturated rings. The molecule has 0 aliphatic carbocycles. The Morgan fingerprint density at radius 2 is 2.10 bits per heavy atom. The highest BCUT2D eigenvalue weighted by atomic mass is 16.4. The molecule has 1 rings (SSSR count). The van der Waals surface area contributed by atoms with Gasteiger partial charge in [-0.15, -0.1) is 0 Å². The van der Waals surface area contributed by atoms with E-state index < -0.39 is 11.9 Å². The lowest BCUT2D eigenvalue weighted by molar-refractivity contribution is -0.143. The summed E-state index contributed by atoms with van der Waals surface area (Å²) in [6.45, 7) is 4.61. The average molecular weight is 284 g/mol. The largest absolute Gasteiger partial charge is 0.481 e. The molecule has 2 amide bonds. The number of nitrogens with one attached hydrogen (secondary N) is 1. The van der Waals surface area contributed by atoms with Crippen LogP contribution in [0.5, 0.6) is 0 Å². The molecule has 2 N–H and O–H groups in total. The Balaban J connectivity index is 2.45. The van der Waals surface area contributed by atoms with E-state index in [9.17, 15) is 14.4 Å². The number of carboxylic acids is 1. The maximum atomic E-state index is 12.0. The maximum Gasteiger partial charge on any atom is 0.308 e. The van der Waals surface area contributed by atoms with Gasteiger partial charge in [0.05, 0.1) is 5.92 Å². The van der Waals surface area contributed by atoms with Gasteiger partial charge in [0.1, 0.15) is 0 Å². The van der Waals surface area contributed by atoms with Gasteiger partial charge < -0.3 is 15.3 Å². The summed E-state index contributed by atoms with van der Waals surface area (Å²) >= 11 is 0. The van der Waals surface area contributed by atoms with E-state index in [1.807, 2.05) is 13.8 Å². The minimum atomic E-state index is -0.890. The Morgan fingerprint density at radius 1 is 1.45 bits per heavy atom. The fourth-order valence-corrected chi connectivity index (χ4v) is 2.38. The van der Waals surface area contributed by atoms with Crippen LogP contribution in [0.4, 0.5) is 0 Å². The summed E-state index contributed by atoms with van der Waals surface area (Å²) in [6, 6.07) is 0. The van der Waals surface area contributed by atoms with Crippen molar-refractivity contribution in [3.05, 3.63) is 0 Å². The Morgan fingerprint density at radius 3 is 2.60 bits per heavy atom. The van der Waals surface area contributed by atoms with Crippen molar-refractivity contribution in [3.8, 4) is 0 Å². The summed E-state index contributed by atoms with van der Waals surface area (Å²) in [5, 5.41) is 11.8. The van der Waals surface area contributed by atoms with Crippen molar-refractivity contribution in [2.45, 2.75) is 33.1 Å². The van der Waals surface area contributed by atoms with Gasteiger partial charge in [-0.1, -0.05) is 13.8 Å². The lowest BCUT2D eigenvalue weighted by Gasteiger charge is -2.28. The van der Waals surface area contributed by atoms with Crippen LogP contribution in [0.15, 0.2) is 0 Å². The number of nitrogens with zero attached hydrogens (tertiary/aromatic N) is 1. The van der Waals surface area contributed by atoms with Crippen molar-refractivity contribution in [1.82, 2.24) is 10.2 Å². The first-order valence-electron chi connectivity index (χ1n) is 7.05. The summed E-state index contributed by atoms with van der Waals surface area (Å²) < 4.78 is 0. The van der Waals surface area contributed by atoms with Gasteiger partial charge in [0.2, 0.25) is 11.8 Å². The van der Waals surface area contributed by atoms with Crippen molar-refractivity contribution < 1.29 is 19.5 Å². The Labute approximate surface area is 119 Å². The van der Waals surface area contributed by atoms with Gasteiger partial charge in [-0.05, 0) is 18.8 Å². The van der Waals surface area contributed by atoms with E-state index in [2.05, 4.69) is 5.32 Å². The number of amides is 2. The molecule has 20 heavy (non-hydrogen) atoms. The zero-order chi connectivity index (χ0) is 15.3. The van der Waals surface area contributed by atoms with Crippen LogP contribution in [-0.4, -0.2) is 47.9 Å². The monoisotopic (exact) mass is 284 g/mol. The van der Waals surface area contributed by atoms with Crippen LogP contribution >= 0.6 is 0 Å². The molecule has 1 aliphatic heterocycles. The Hall–Kier alpha value is -1.59. The van der Waals surface area contributed by atoms with E-state index in [1.165, 1.54) is 0 Å². The summed E-state index contributed by atoms with van der Waals surface area (Å²) in [5.41, 5.74) is 0. The zero-order valence-electron chi connectivity index (χ0n) is 12.4. The van der Waals surface area contributed by atoms with E-state index in [0.29, 0.717) is 19.4 Å². The molecule has 1 heterocycles. The highest BCUT2D eigenvalue weighted by molar-refractivity contribution is 5.87. The average Bonchev–Trinajstić information content (AvgIpc) is 2.36. The Bertz CT molecular complexity index is 381. The van der Waals surface area contributed by atoms with Crippen LogP contribution in [0.25, 0.3) is 0 Å². The zero-order valence-corrected chi connectivity index (χ0v) is 12.4. The third kappa shape index (κ3) is 4.83. The topological polar surface area (TPSA) is 86.7 Å². The SMILES string of the molecule is CC(C)C[C@H](CNC(=O)[C@@H]1CCN(C)C(=O)C1)C(=O)O. The summed E-state index contributed by atoms with van der Waals surface area (Å²) in [4.78, 5) is 36.3. The molecular weight excluding hydrogens is 260 g/mol. The lowest BCUT2D eigenvalue weighted by atomic mass is 9.94. The van der Waals surface area contributed by atoms with Crippen molar-refractivity contribution >= 4 is 17.8 Å². The third-order valence-electron chi connectivity index (χ3n) is 3.66. The van der Waals surface area contributed by atoms with Crippen LogP contribution in [0.2, 0.25) is 0 Å². The first-order chi connectivity index (χ1) is 9.31. The lowest BCUT2D eigenvalue weighted by Crippen LogP contribution is -2.43. The second-order valence-electron chi connectivity index (χ2n) is 5.91. The van der Waals surface area contributed by atoms with Gasteiger partial charge in [-0.3, -0.25) is 14.4 Å². The van der Waals surface area contributed by atoms with E-state index in [-0.39, 0.29) is 36.6 Å². The van der Waals surface area contributed by atoms with Crippen LogP contribution in [0, 0.1) is 17.8 Å². The van der Waals surface area contributed by atoms with Crippen molar-refractivity contribution in [2.24, 2.45) is 17.8 Å². The molecule has 0 aromatic rings. The summed E-state index contributed by atoms with van der Waals surface area (Å²) in [5.74, 6) is -1.76. The van der Waals surface area contributed by atoms with E-state index >= 15 is 0 Å². The van der Waals surface area contributed by atoms with Crippen molar-refractivity contribution in [3.63, 3.8) is 0 Å². The number of hydrogen-bond acceptors (Lipinski definition) is 3. The van der Waals surface area contributed by atoms with Crippen molar-refractivity contribution in [1.29, 1.82) is 0 Å². The molecule has 1 saturated heterocycles. The highest BCUT2D eigenvalue weighted by Crippen LogP contribution is 2.18. The van der Waals surface area contributed by atoms with Gasteiger partial charge >= 0.3 is 5.97 Å². The molecule has 0 unspecified atom stereocenters. The first-order valence-corrected chi connectivity index (χ1v) is 7.05. The van der Waals surface area contributed by atoms with E-state index in [4.69, 9.17) is 5.11 Å². The quantitative estimate of drug-likeness (QED) is 0.752. The number of carbonyl (C=O) groups is 3. The Kier molecular flexibility index (Phi) is 5.98. The minimum Gasteiger partial charge on any atom is -0.481 e. The number of piperidine rings is 1. The fourth-order valence-electron chi connectivity index (χ4n) is 2.38. The highest BCUT2D eigenvalue weighted by Gasteiger charge is 2.29. The van der Waals surface area contributed by atoms with Crippen LogP contribution in [-0.2, 0) is 14.4 Å². The number of hydrogen-bond donors (Lipinski definition) is 2. The molecule has 0 spiro atoms. The summed E-state index contributed by atoms with van der Waals surface area (Å²) in [7, 11) is 1.72. The van der Waals surface area contributed by atoms with E-state index in [0.717, 1.165) is 0 Å². The molecule has 0 saturated carbocycles. The molecule has 114 valence electrons. The van der Waals surface area contributed by atoms with Crippen LogP contribution in [0.3, 0.4) is 0 Å². The number of aliphatic carboxylic acids is 1. The molecule has 2 atom stereocenters. The number of carboxylic acid groups (broad SMARTS) is 1. The third-order valence-corrected chi connectivity index (χ3v) is 3.66. The number of carbonyl (C=O) groups excluding carboxylic acids is 2. The second-order valence-corrected chi connectivity index (χ2v) is 5.91. The molecule has 0 aromatic heterocycles. The van der Waals surface area contributed by atoms with Crippen molar-refractivity contribution in [2.75, 3.05) is 20.1 Å². The molecule has 0 radical (unpaired) electrons. The van der Waals surface area contributed by atoms with Crippen LogP contribution in [0.1, 0.15) is 33.1 Å². The van der Waals surface area contributed by atoms with Gasteiger partial charge in [-0.25, -0.2) is 0 Å². The van der Waals surface area contributed by atoms with Gasteiger partial charge in [0.15, 0.2) is 0 Å². The fraction of sp³-hybridized carbons (Fsp3) is 0.786. The van der Waals surface area contributed by atoms with Gasteiger partial charge in [0, 0.05) is 32.5 Å². The minimum absolute atomic E-state index is 0.0339. The molecule has 6 nitrogen and oxygen atoms in total. The standard InChI is InChI=1S/C14H24N2O4/c1-9(2)6-11(14(19)20)8-15-13(18)10-4-5-16(3)12(17)7-10/h9-11H,4-8H2,1-3H3,(H,15,18)(H,19,20)/t10-,11-/m1/s1. The smallest absolute Gasteiger partial charge is 0.308 e. The predicted molar refractivity (Wildman–Crippen MR) is 74.0 cm³/mol. The number of rotatable bonds is 6. The molecule has 0 bridgehead atoms. The van der Waals surface area contributed by atoms with Crippen LogP contribution < -0.4 is 5.32 Å².